The molecule has 160 valence electrons. The first-order valence-corrected chi connectivity index (χ1v) is 10.00. The fourth-order valence-electron chi connectivity index (χ4n) is 3.26. The van der Waals surface area contributed by atoms with Crippen molar-refractivity contribution < 1.29 is 22.3 Å². The lowest BCUT2D eigenvalue weighted by Crippen LogP contribution is -2.53. The van der Waals surface area contributed by atoms with Crippen LogP contribution in [0.15, 0.2) is 47.4 Å². The number of nitro benzene ring substituents is 1. The van der Waals surface area contributed by atoms with Crippen molar-refractivity contribution in [2.45, 2.75) is 31.0 Å². The molecule has 0 unspecified atom stereocenters. The molecule has 11 nitrogen and oxygen atoms in total. The Morgan fingerprint density at radius 2 is 1.90 bits per heavy atom. The number of halogens is 1. The molecule has 0 bridgehead atoms. The van der Waals surface area contributed by atoms with Crippen molar-refractivity contribution in [2.24, 2.45) is 5.84 Å². The Bertz CT molecular complexity index is 1140. The zero-order valence-electron chi connectivity index (χ0n) is 16.0. The highest BCUT2D eigenvalue weighted by atomic mass is 32.2. The Kier molecular flexibility index (Phi) is 5.14. The van der Waals surface area contributed by atoms with E-state index in [2.05, 4.69) is 0 Å². The number of nitrogens with one attached hydrogen (secondary N) is 1. The molecule has 1 heterocycles. The van der Waals surface area contributed by atoms with Gasteiger partial charge in [0.05, 0.1) is 17.2 Å². The summed E-state index contributed by atoms with van der Waals surface area (Å²) in [6.45, 7) is 3.12. The van der Waals surface area contributed by atoms with Gasteiger partial charge in [0.1, 0.15) is 11.5 Å². The van der Waals surface area contributed by atoms with E-state index < -0.39 is 37.1 Å². The summed E-state index contributed by atoms with van der Waals surface area (Å²) in [5, 5.41) is 23.3. The molecule has 0 saturated carbocycles. The molecule has 0 amide bonds. The van der Waals surface area contributed by atoms with Crippen LogP contribution in [0.5, 0.6) is 0 Å². The molecule has 1 fully saturated rings. The van der Waals surface area contributed by atoms with E-state index in [1.807, 2.05) is 0 Å². The summed E-state index contributed by atoms with van der Waals surface area (Å²) in [5.41, 5.74) is -1.60. The number of hydrogen-bond acceptors (Lipinski definition) is 7. The van der Waals surface area contributed by atoms with Crippen molar-refractivity contribution in [1.29, 1.82) is 5.41 Å². The molecule has 13 heteroatoms. The second-order valence-corrected chi connectivity index (χ2v) is 8.42. The molecule has 1 aliphatic heterocycles. The van der Waals surface area contributed by atoms with Crippen molar-refractivity contribution in [2.75, 3.05) is 5.01 Å². The number of nitrogens with zero attached hydrogens (tertiary/aromatic N) is 4. The molecule has 30 heavy (non-hydrogen) atoms. The van der Waals surface area contributed by atoms with Crippen LogP contribution in [0, 0.1) is 21.3 Å². The highest BCUT2D eigenvalue weighted by Crippen LogP contribution is 2.38. The number of benzene rings is 2. The van der Waals surface area contributed by atoms with Gasteiger partial charge in [-0.05, 0) is 32.0 Å². The third-order valence-electron chi connectivity index (χ3n) is 4.76. The molecule has 0 radical (unpaired) electrons. The van der Waals surface area contributed by atoms with Gasteiger partial charge < -0.3 is 0 Å². The minimum atomic E-state index is -4.92. The number of rotatable bonds is 5. The SMILES string of the molecule is CC1(C)N(N)C(=N)N(Cc2ccccc2F)N1c1ccc([N+](=O)[O-])c(S(=O)(=O)O)c1. The Balaban J connectivity index is 2.16. The number of nitro groups is 1. The second kappa shape index (κ2) is 7.19. The van der Waals surface area contributed by atoms with Crippen LogP contribution < -0.4 is 10.9 Å². The molecule has 0 atom stereocenters. The predicted octanol–water partition coefficient (Wildman–Crippen LogP) is 2.06. The van der Waals surface area contributed by atoms with Crippen LogP contribution in [-0.4, -0.2) is 39.5 Å². The minimum Gasteiger partial charge on any atom is -0.282 e. The van der Waals surface area contributed by atoms with E-state index in [0.29, 0.717) is 0 Å². The second-order valence-electron chi connectivity index (χ2n) is 7.03. The zero-order valence-corrected chi connectivity index (χ0v) is 16.8. The molecule has 2 aromatic carbocycles. The molecule has 0 aliphatic carbocycles. The molecule has 4 N–H and O–H groups in total. The Labute approximate surface area is 171 Å². The lowest BCUT2D eigenvalue weighted by molar-refractivity contribution is -0.387. The normalized spacial score (nSPS) is 16.3. The Hall–Kier alpha value is -3.29. The highest BCUT2D eigenvalue weighted by Gasteiger charge is 2.47. The van der Waals surface area contributed by atoms with E-state index >= 15 is 0 Å². The van der Waals surface area contributed by atoms with Gasteiger partial charge in [0.15, 0.2) is 4.90 Å². The molecule has 0 aromatic heterocycles. The predicted molar refractivity (Wildman–Crippen MR) is 105 cm³/mol. The van der Waals surface area contributed by atoms with Crippen molar-refractivity contribution in [3.05, 3.63) is 64.0 Å². The Morgan fingerprint density at radius 3 is 2.47 bits per heavy atom. The average Bonchev–Trinajstić information content (AvgIpc) is 2.82. The fraction of sp³-hybridized carbons (Fsp3) is 0.235. The third kappa shape index (κ3) is 3.53. The van der Waals surface area contributed by atoms with E-state index in [0.717, 1.165) is 17.1 Å². The van der Waals surface area contributed by atoms with E-state index in [4.69, 9.17) is 11.3 Å². The summed E-state index contributed by atoms with van der Waals surface area (Å²) in [5.74, 6) is 5.30. The third-order valence-corrected chi connectivity index (χ3v) is 5.65. The maximum Gasteiger partial charge on any atom is 0.301 e. The van der Waals surface area contributed by atoms with Crippen LogP contribution in [0.1, 0.15) is 19.4 Å². The largest absolute Gasteiger partial charge is 0.301 e. The smallest absolute Gasteiger partial charge is 0.282 e. The molecule has 3 rings (SSSR count). The van der Waals surface area contributed by atoms with Gasteiger partial charge in [0.2, 0.25) is 5.96 Å². The van der Waals surface area contributed by atoms with Gasteiger partial charge in [-0.2, -0.15) is 8.42 Å². The summed E-state index contributed by atoms with van der Waals surface area (Å²) >= 11 is 0. The molecular formula is C17H19FN6O5S. The first kappa shape index (κ1) is 21.4. The van der Waals surface area contributed by atoms with Gasteiger partial charge in [0.25, 0.3) is 5.69 Å². The quantitative estimate of drug-likeness (QED) is 0.275. The van der Waals surface area contributed by atoms with Gasteiger partial charge >= 0.3 is 10.1 Å². The van der Waals surface area contributed by atoms with Crippen LogP contribution in [0.3, 0.4) is 0 Å². The van der Waals surface area contributed by atoms with Gasteiger partial charge in [-0.15, -0.1) is 0 Å². The van der Waals surface area contributed by atoms with Crippen molar-refractivity contribution in [1.82, 2.24) is 10.0 Å². The number of nitrogens with two attached hydrogens (primary N) is 1. The van der Waals surface area contributed by atoms with Crippen LogP contribution >= 0.6 is 0 Å². The number of guanidine groups is 1. The van der Waals surface area contributed by atoms with E-state index in [1.165, 1.54) is 34.3 Å². The Morgan fingerprint density at radius 1 is 1.27 bits per heavy atom. The van der Waals surface area contributed by atoms with E-state index in [-0.39, 0.29) is 23.8 Å². The summed E-state index contributed by atoms with van der Waals surface area (Å²) in [7, 11) is -4.92. The van der Waals surface area contributed by atoms with E-state index in [1.54, 1.807) is 19.9 Å². The minimum absolute atomic E-state index is 0.0901. The number of hydrogen-bond donors (Lipinski definition) is 3. The maximum absolute atomic E-state index is 14.2. The average molecular weight is 438 g/mol. The maximum atomic E-state index is 14.2. The van der Waals surface area contributed by atoms with Gasteiger partial charge in [-0.3, -0.25) is 30.1 Å². The van der Waals surface area contributed by atoms with E-state index in [9.17, 15) is 27.5 Å². The van der Waals surface area contributed by atoms with Crippen LogP contribution in [0.25, 0.3) is 0 Å². The first-order chi connectivity index (χ1) is 13.9. The molecule has 1 aliphatic rings. The van der Waals surface area contributed by atoms with Crippen molar-refractivity contribution in [3.8, 4) is 0 Å². The summed E-state index contributed by atoms with van der Waals surface area (Å²) in [4.78, 5) is 9.33. The van der Waals surface area contributed by atoms with Crippen LogP contribution in [0.2, 0.25) is 0 Å². The lowest BCUT2D eigenvalue weighted by Gasteiger charge is -2.38. The van der Waals surface area contributed by atoms with Gasteiger partial charge in [-0.1, -0.05) is 18.2 Å². The van der Waals surface area contributed by atoms with Crippen LogP contribution in [0.4, 0.5) is 15.8 Å². The first-order valence-electron chi connectivity index (χ1n) is 8.56. The summed E-state index contributed by atoms with van der Waals surface area (Å²) < 4.78 is 47.1. The number of anilines is 1. The van der Waals surface area contributed by atoms with Gasteiger partial charge in [-0.25, -0.2) is 15.2 Å². The fourth-order valence-corrected chi connectivity index (χ4v) is 3.93. The van der Waals surface area contributed by atoms with Crippen molar-refractivity contribution in [3.63, 3.8) is 0 Å². The monoisotopic (exact) mass is 438 g/mol. The highest BCUT2D eigenvalue weighted by molar-refractivity contribution is 7.86. The number of hydrazine groups is 2. The molecule has 2 aromatic rings. The topological polar surface area (TPSA) is 157 Å². The standard InChI is InChI=1S/C17H19FN6O5S/c1-17(2)22(20)16(19)21(10-11-5-3-4-6-13(11)18)23(17)12-7-8-14(24(25)26)15(9-12)30(27,28)29/h3-9,19H,10,20H2,1-2H3,(H,27,28,29). The molecule has 1 saturated heterocycles. The molecule has 0 spiro atoms. The van der Waals surface area contributed by atoms with Gasteiger partial charge in [0, 0.05) is 11.6 Å². The summed E-state index contributed by atoms with van der Waals surface area (Å²) in [6, 6.07) is 9.01. The summed E-state index contributed by atoms with van der Waals surface area (Å²) in [6.07, 6.45) is 0. The van der Waals surface area contributed by atoms with Crippen molar-refractivity contribution >= 4 is 27.5 Å². The zero-order chi connectivity index (χ0) is 22.4. The lowest BCUT2D eigenvalue weighted by atomic mass is 10.2. The van der Waals surface area contributed by atoms with Crippen LogP contribution in [-0.2, 0) is 16.7 Å². The molecular weight excluding hydrogens is 419 g/mol.